The molecule has 2 fully saturated rings. The van der Waals surface area contributed by atoms with Crippen molar-refractivity contribution < 1.29 is 23.0 Å². The Hall–Kier alpha value is -1.73. The van der Waals surface area contributed by atoms with Crippen LogP contribution in [0, 0.1) is 17.6 Å². The standard InChI is InChI=1S/C16H20F2N2O3/c1-22-15-7-12(17)14(6-13(15)18)19-16(21)10-8-20(9-10)11-2-4-23-5-3-11/h6-7,10-11H,2-5,8-9H2,1H3,(H,19,21). The number of nitrogens with one attached hydrogen (secondary N) is 1. The van der Waals surface area contributed by atoms with Gasteiger partial charge in [-0.05, 0) is 12.8 Å². The third-order valence-electron chi connectivity index (χ3n) is 4.49. The molecule has 0 radical (unpaired) electrons. The molecular weight excluding hydrogens is 306 g/mol. The summed E-state index contributed by atoms with van der Waals surface area (Å²) in [7, 11) is 1.26. The number of ether oxygens (including phenoxy) is 2. The SMILES string of the molecule is COc1cc(F)c(NC(=O)C2CN(C3CCOCC3)C2)cc1F. The Bertz CT molecular complexity index is 585. The Morgan fingerprint density at radius 1 is 1.26 bits per heavy atom. The first-order chi connectivity index (χ1) is 11.1. The average Bonchev–Trinajstić information content (AvgIpc) is 2.50. The van der Waals surface area contributed by atoms with Crippen LogP contribution in [0.4, 0.5) is 14.5 Å². The first kappa shape index (κ1) is 16.1. The molecule has 1 aromatic carbocycles. The number of methoxy groups -OCH3 is 1. The van der Waals surface area contributed by atoms with Crippen LogP contribution in [0.5, 0.6) is 5.75 Å². The Morgan fingerprint density at radius 2 is 1.96 bits per heavy atom. The van der Waals surface area contributed by atoms with Gasteiger partial charge in [0.05, 0.1) is 18.7 Å². The van der Waals surface area contributed by atoms with Crippen molar-refractivity contribution in [2.75, 3.05) is 38.7 Å². The number of hydrogen-bond donors (Lipinski definition) is 1. The number of halogens is 2. The molecule has 1 amide bonds. The molecule has 0 spiro atoms. The van der Waals surface area contributed by atoms with E-state index >= 15 is 0 Å². The van der Waals surface area contributed by atoms with Crippen LogP contribution in [0.15, 0.2) is 12.1 Å². The van der Waals surface area contributed by atoms with Gasteiger partial charge >= 0.3 is 0 Å². The summed E-state index contributed by atoms with van der Waals surface area (Å²) in [5.41, 5.74) is -0.155. The Morgan fingerprint density at radius 3 is 2.61 bits per heavy atom. The van der Waals surface area contributed by atoms with Crippen LogP contribution >= 0.6 is 0 Å². The van der Waals surface area contributed by atoms with Crippen molar-refractivity contribution >= 4 is 11.6 Å². The summed E-state index contributed by atoms with van der Waals surface area (Å²) in [6.07, 6.45) is 1.96. The molecule has 3 rings (SSSR count). The maximum Gasteiger partial charge on any atom is 0.230 e. The van der Waals surface area contributed by atoms with Crippen molar-refractivity contribution in [1.29, 1.82) is 0 Å². The van der Waals surface area contributed by atoms with Crippen molar-refractivity contribution in [3.05, 3.63) is 23.8 Å². The number of hydrogen-bond acceptors (Lipinski definition) is 4. The largest absolute Gasteiger partial charge is 0.494 e. The first-order valence-electron chi connectivity index (χ1n) is 7.74. The second-order valence-electron chi connectivity index (χ2n) is 5.95. The Balaban J connectivity index is 1.55. The van der Waals surface area contributed by atoms with E-state index in [1.165, 1.54) is 7.11 Å². The predicted octanol–water partition coefficient (Wildman–Crippen LogP) is 2.02. The zero-order chi connectivity index (χ0) is 16.4. The molecule has 2 saturated heterocycles. The minimum atomic E-state index is -0.711. The van der Waals surface area contributed by atoms with Gasteiger partial charge in [0, 0.05) is 44.5 Å². The second kappa shape index (κ2) is 6.80. The topological polar surface area (TPSA) is 50.8 Å². The van der Waals surface area contributed by atoms with E-state index in [1.54, 1.807) is 0 Å². The van der Waals surface area contributed by atoms with Gasteiger partial charge in [0.1, 0.15) is 0 Å². The molecule has 0 aromatic heterocycles. The fraction of sp³-hybridized carbons (Fsp3) is 0.562. The van der Waals surface area contributed by atoms with E-state index in [0.717, 1.165) is 38.2 Å². The fourth-order valence-corrected chi connectivity index (χ4v) is 3.04. The predicted molar refractivity (Wildman–Crippen MR) is 80.4 cm³/mol. The quantitative estimate of drug-likeness (QED) is 0.920. The van der Waals surface area contributed by atoms with Gasteiger partial charge in [-0.3, -0.25) is 9.69 Å². The van der Waals surface area contributed by atoms with Crippen molar-refractivity contribution in [2.24, 2.45) is 5.92 Å². The Labute approximate surface area is 133 Å². The van der Waals surface area contributed by atoms with Gasteiger partial charge < -0.3 is 14.8 Å². The first-order valence-corrected chi connectivity index (χ1v) is 7.74. The van der Waals surface area contributed by atoms with Gasteiger partial charge in [-0.1, -0.05) is 0 Å². The number of likely N-dealkylation sites (tertiary alicyclic amines) is 1. The molecule has 0 unspecified atom stereocenters. The van der Waals surface area contributed by atoms with E-state index in [2.05, 4.69) is 10.2 Å². The molecule has 126 valence electrons. The van der Waals surface area contributed by atoms with Crippen LogP contribution in [-0.2, 0) is 9.53 Å². The minimum absolute atomic E-state index is 0.155. The van der Waals surface area contributed by atoms with E-state index in [0.29, 0.717) is 19.1 Å². The minimum Gasteiger partial charge on any atom is -0.494 e. The normalized spacial score (nSPS) is 20.1. The lowest BCUT2D eigenvalue weighted by Gasteiger charge is -2.44. The molecule has 7 heteroatoms. The third kappa shape index (κ3) is 3.45. The number of amides is 1. The highest BCUT2D eigenvalue weighted by Gasteiger charge is 2.37. The molecule has 0 bridgehead atoms. The van der Waals surface area contributed by atoms with Crippen molar-refractivity contribution in [1.82, 2.24) is 4.90 Å². The zero-order valence-electron chi connectivity index (χ0n) is 13.0. The van der Waals surface area contributed by atoms with Gasteiger partial charge in [0.25, 0.3) is 0 Å². The lowest BCUT2D eigenvalue weighted by molar-refractivity contribution is -0.127. The summed E-state index contributed by atoms with van der Waals surface area (Å²) >= 11 is 0. The smallest absolute Gasteiger partial charge is 0.230 e. The number of nitrogens with zero attached hydrogens (tertiary/aromatic N) is 1. The molecule has 0 aliphatic carbocycles. The van der Waals surface area contributed by atoms with Crippen LogP contribution in [0.3, 0.4) is 0 Å². The van der Waals surface area contributed by atoms with Crippen LogP contribution in [-0.4, -0.2) is 50.3 Å². The van der Waals surface area contributed by atoms with E-state index in [9.17, 15) is 13.6 Å². The lowest BCUT2D eigenvalue weighted by Crippen LogP contribution is -2.57. The molecule has 5 nitrogen and oxygen atoms in total. The zero-order valence-corrected chi connectivity index (χ0v) is 13.0. The molecular formula is C16H20F2N2O3. The Kier molecular flexibility index (Phi) is 4.77. The lowest BCUT2D eigenvalue weighted by atomic mass is 9.93. The number of carbonyl (C=O) groups excluding carboxylic acids is 1. The molecule has 1 aromatic rings. The average molecular weight is 326 g/mol. The van der Waals surface area contributed by atoms with Crippen molar-refractivity contribution in [2.45, 2.75) is 18.9 Å². The third-order valence-corrected chi connectivity index (χ3v) is 4.49. The van der Waals surface area contributed by atoms with E-state index in [1.807, 2.05) is 0 Å². The molecule has 2 heterocycles. The van der Waals surface area contributed by atoms with Gasteiger partial charge in [-0.15, -0.1) is 0 Å². The maximum atomic E-state index is 13.8. The van der Waals surface area contributed by atoms with Crippen LogP contribution < -0.4 is 10.1 Å². The molecule has 0 saturated carbocycles. The maximum absolute atomic E-state index is 13.8. The van der Waals surface area contributed by atoms with Gasteiger partial charge in [-0.25, -0.2) is 8.78 Å². The highest BCUT2D eigenvalue weighted by Crippen LogP contribution is 2.28. The molecule has 2 aliphatic heterocycles. The second-order valence-corrected chi connectivity index (χ2v) is 5.95. The van der Waals surface area contributed by atoms with Gasteiger partial charge in [0.2, 0.25) is 5.91 Å². The number of carbonyl (C=O) groups is 1. The monoisotopic (exact) mass is 326 g/mol. The highest BCUT2D eigenvalue weighted by molar-refractivity contribution is 5.93. The van der Waals surface area contributed by atoms with E-state index in [4.69, 9.17) is 9.47 Å². The number of rotatable bonds is 4. The summed E-state index contributed by atoms with van der Waals surface area (Å²) in [5, 5.41) is 2.47. The van der Waals surface area contributed by atoms with Gasteiger partial charge in [0.15, 0.2) is 17.4 Å². The van der Waals surface area contributed by atoms with Crippen LogP contribution in [0.2, 0.25) is 0 Å². The molecule has 23 heavy (non-hydrogen) atoms. The summed E-state index contributed by atoms with van der Waals surface area (Å²) in [4.78, 5) is 14.4. The van der Waals surface area contributed by atoms with E-state index in [-0.39, 0.29) is 23.3 Å². The fourth-order valence-electron chi connectivity index (χ4n) is 3.04. The summed E-state index contributed by atoms with van der Waals surface area (Å²) in [6.45, 7) is 2.82. The molecule has 2 aliphatic rings. The van der Waals surface area contributed by atoms with Crippen LogP contribution in [0.1, 0.15) is 12.8 Å². The van der Waals surface area contributed by atoms with Crippen molar-refractivity contribution in [3.8, 4) is 5.75 Å². The summed E-state index contributed by atoms with van der Waals surface area (Å²) < 4.78 is 37.5. The highest BCUT2D eigenvalue weighted by atomic mass is 19.1. The molecule has 1 N–H and O–H groups in total. The summed E-state index contributed by atoms with van der Waals surface area (Å²) in [6, 6.07) is 2.34. The summed E-state index contributed by atoms with van der Waals surface area (Å²) in [5.74, 6) is -2.08. The molecule has 0 atom stereocenters. The van der Waals surface area contributed by atoms with E-state index < -0.39 is 11.6 Å². The number of anilines is 1. The van der Waals surface area contributed by atoms with Gasteiger partial charge in [-0.2, -0.15) is 0 Å². The van der Waals surface area contributed by atoms with Crippen LogP contribution in [0.25, 0.3) is 0 Å². The number of benzene rings is 1. The van der Waals surface area contributed by atoms with Crippen molar-refractivity contribution in [3.63, 3.8) is 0 Å².